The van der Waals surface area contributed by atoms with Crippen molar-refractivity contribution in [2.45, 2.75) is 19.3 Å². The van der Waals surface area contributed by atoms with Gasteiger partial charge in [0.15, 0.2) is 0 Å². The van der Waals surface area contributed by atoms with Gasteiger partial charge in [0.2, 0.25) is 5.91 Å². The summed E-state index contributed by atoms with van der Waals surface area (Å²) >= 11 is 0. The lowest BCUT2D eigenvalue weighted by Gasteiger charge is -2.39. The SMILES string of the molecule is Cn1c(C(=O)N2CCC3(CCCN(CCO)C3=O)C2)cc2cc(F)ccc21. The van der Waals surface area contributed by atoms with Crippen LogP contribution in [0.1, 0.15) is 29.8 Å². The number of carbonyl (C=O) groups is 2. The third kappa shape index (κ3) is 2.90. The molecule has 2 saturated heterocycles. The maximum atomic E-state index is 13.5. The minimum atomic E-state index is -0.528. The number of likely N-dealkylation sites (tertiary alicyclic amines) is 2. The smallest absolute Gasteiger partial charge is 0.270 e. The number of aryl methyl sites for hydroxylation is 1. The van der Waals surface area contributed by atoms with Gasteiger partial charge in [0.25, 0.3) is 5.91 Å². The fourth-order valence-electron chi connectivity index (χ4n) is 4.60. The third-order valence-electron chi connectivity index (χ3n) is 6.06. The van der Waals surface area contributed by atoms with Crippen LogP contribution in [0.5, 0.6) is 0 Å². The Balaban J connectivity index is 1.58. The molecular formula is C20H24FN3O3. The van der Waals surface area contributed by atoms with E-state index in [0.717, 1.165) is 18.4 Å². The lowest BCUT2D eigenvalue weighted by Crippen LogP contribution is -2.51. The molecular weight excluding hydrogens is 349 g/mol. The van der Waals surface area contributed by atoms with Crippen LogP contribution in [0, 0.1) is 11.2 Å². The van der Waals surface area contributed by atoms with Gasteiger partial charge in [-0.05, 0) is 43.5 Å². The van der Waals surface area contributed by atoms with E-state index in [4.69, 9.17) is 0 Å². The van der Waals surface area contributed by atoms with Crippen LogP contribution in [-0.2, 0) is 11.8 Å². The molecule has 0 saturated carbocycles. The van der Waals surface area contributed by atoms with Gasteiger partial charge in [-0.2, -0.15) is 0 Å². The van der Waals surface area contributed by atoms with Gasteiger partial charge in [-0.15, -0.1) is 0 Å². The molecule has 1 spiro atoms. The summed E-state index contributed by atoms with van der Waals surface area (Å²) < 4.78 is 15.3. The lowest BCUT2D eigenvalue weighted by molar-refractivity contribution is -0.146. The van der Waals surface area contributed by atoms with E-state index in [1.165, 1.54) is 12.1 Å². The Morgan fingerprint density at radius 1 is 1.26 bits per heavy atom. The predicted molar refractivity (Wildman–Crippen MR) is 98.7 cm³/mol. The second-order valence-electron chi connectivity index (χ2n) is 7.67. The number of hydrogen-bond donors (Lipinski definition) is 1. The summed E-state index contributed by atoms with van der Waals surface area (Å²) in [5, 5.41) is 9.88. The van der Waals surface area contributed by atoms with Crippen molar-refractivity contribution in [3.63, 3.8) is 0 Å². The van der Waals surface area contributed by atoms with E-state index in [1.54, 1.807) is 33.5 Å². The van der Waals surface area contributed by atoms with Gasteiger partial charge in [-0.25, -0.2) is 4.39 Å². The summed E-state index contributed by atoms with van der Waals surface area (Å²) in [6.07, 6.45) is 2.32. The number of piperidine rings is 1. The largest absolute Gasteiger partial charge is 0.395 e. The summed E-state index contributed by atoms with van der Waals surface area (Å²) in [6.45, 7) is 1.92. The summed E-state index contributed by atoms with van der Waals surface area (Å²) in [6, 6.07) is 6.20. The van der Waals surface area contributed by atoms with E-state index in [0.29, 0.717) is 43.7 Å². The average Bonchev–Trinajstić information content (AvgIpc) is 3.21. The Hall–Kier alpha value is -2.41. The van der Waals surface area contributed by atoms with E-state index >= 15 is 0 Å². The molecule has 0 radical (unpaired) electrons. The minimum Gasteiger partial charge on any atom is -0.395 e. The van der Waals surface area contributed by atoms with E-state index in [-0.39, 0.29) is 24.2 Å². The van der Waals surface area contributed by atoms with Gasteiger partial charge in [0.1, 0.15) is 11.5 Å². The first kappa shape index (κ1) is 18.0. The number of hydrogen-bond acceptors (Lipinski definition) is 3. The van der Waals surface area contributed by atoms with Crippen LogP contribution in [-0.4, -0.2) is 64.1 Å². The number of fused-ring (bicyclic) bond motifs is 1. The number of nitrogens with zero attached hydrogens (tertiary/aromatic N) is 3. The van der Waals surface area contributed by atoms with Crippen LogP contribution in [0.4, 0.5) is 4.39 Å². The molecule has 3 heterocycles. The van der Waals surface area contributed by atoms with Crippen LogP contribution in [0.2, 0.25) is 0 Å². The first-order valence-electron chi connectivity index (χ1n) is 9.40. The fourth-order valence-corrected chi connectivity index (χ4v) is 4.60. The predicted octanol–water partition coefficient (Wildman–Crippen LogP) is 1.76. The first-order valence-corrected chi connectivity index (χ1v) is 9.40. The molecule has 1 aromatic carbocycles. The number of β-amino-alcohol motifs (C(OH)–C–C–N with tert-alkyl or cyclic N) is 1. The number of aliphatic hydroxyl groups excluding tert-OH is 1. The molecule has 2 aliphatic rings. The van der Waals surface area contributed by atoms with Crippen molar-refractivity contribution in [1.82, 2.24) is 14.4 Å². The summed E-state index contributed by atoms with van der Waals surface area (Å²) in [5.74, 6) is -0.403. The molecule has 1 aromatic heterocycles. The molecule has 144 valence electrons. The second-order valence-corrected chi connectivity index (χ2v) is 7.67. The molecule has 4 rings (SSSR count). The molecule has 2 fully saturated rings. The third-order valence-corrected chi connectivity index (χ3v) is 6.06. The quantitative estimate of drug-likeness (QED) is 0.892. The molecule has 2 amide bonds. The Bertz CT molecular complexity index is 907. The number of benzene rings is 1. The van der Waals surface area contributed by atoms with Crippen LogP contribution in [0.15, 0.2) is 24.3 Å². The van der Waals surface area contributed by atoms with Crippen molar-refractivity contribution in [1.29, 1.82) is 0 Å². The zero-order valence-corrected chi connectivity index (χ0v) is 15.4. The second kappa shape index (κ2) is 6.64. The Labute approximate surface area is 157 Å². The van der Waals surface area contributed by atoms with Crippen molar-refractivity contribution in [2.75, 3.05) is 32.8 Å². The fraction of sp³-hybridized carbons (Fsp3) is 0.500. The van der Waals surface area contributed by atoms with E-state index in [9.17, 15) is 19.1 Å². The van der Waals surface area contributed by atoms with Gasteiger partial charge in [-0.1, -0.05) is 0 Å². The van der Waals surface area contributed by atoms with Gasteiger partial charge < -0.3 is 19.5 Å². The molecule has 27 heavy (non-hydrogen) atoms. The molecule has 0 aliphatic carbocycles. The number of carbonyl (C=O) groups excluding carboxylic acids is 2. The van der Waals surface area contributed by atoms with Crippen molar-refractivity contribution in [3.05, 3.63) is 35.8 Å². The number of rotatable bonds is 3. The molecule has 2 aliphatic heterocycles. The Morgan fingerprint density at radius 3 is 2.85 bits per heavy atom. The van der Waals surface area contributed by atoms with Crippen molar-refractivity contribution >= 4 is 22.7 Å². The Morgan fingerprint density at radius 2 is 2.07 bits per heavy atom. The zero-order valence-electron chi connectivity index (χ0n) is 15.4. The van der Waals surface area contributed by atoms with Gasteiger partial charge in [0, 0.05) is 44.1 Å². The highest BCUT2D eigenvalue weighted by Gasteiger charge is 2.49. The highest BCUT2D eigenvalue weighted by Crippen LogP contribution is 2.40. The topological polar surface area (TPSA) is 65.8 Å². The molecule has 6 nitrogen and oxygen atoms in total. The number of halogens is 1. The maximum Gasteiger partial charge on any atom is 0.270 e. The van der Waals surface area contributed by atoms with E-state index in [1.807, 2.05) is 0 Å². The molecule has 2 aromatic rings. The zero-order chi connectivity index (χ0) is 19.2. The highest BCUT2D eigenvalue weighted by molar-refractivity contribution is 5.99. The summed E-state index contributed by atoms with van der Waals surface area (Å²) in [4.78, 5) is 29.5. The molecule has 1 N–H and O–H groups in total. The first-order chi connectivity index (χ1) is 12.9. The van der Waals surface area contributed by atoms with Crippen molar-refractivity contribution < 1.29 is 19.1 Å². The number of amides is 2. The molecule has 1 unspecified atom stereocenters. The monoisotopic (exact) mass is 373 g/mol. The van der Waals surface area contributed by atoms with Gasteiger partial charge in [0.05, 0.1) is 12.0 Å². The van der Waals surface area contributed by atoms with Crippen LogP contribution >= 0.6 is 0 Å². The minimum absolute atomic E-state index is 0.0447. The van der Waals surface area contributed by atoms with E-state index in [2.05, 4.69) is 0 Å². The van der Waals surface area contributed by atoms with Crippen molar-refractivity contribution in [3.8, 4) is 0 Å². The average molecular weight is 373 g/mol. The summed E-state index contributed by atoms with van der Waals surface area (Å²) in [7, 11) is 1.80. The maximum absolute atomic E-state index is 13.5. The number of aliphatic hydroxyl groups is 1. The normalized spacial score (nSPS) is 23.0. The standard InChI is InChI=1S/C20H24FN3O3/c1-22-16-4-3-15(21)11-14(16)12-17(22)18(26)24-8-6-20(13-24)5-2-7-23(9-10-25)19(20)27/h3-4,11-12,25H,2,5-10,13H2,1H3. The molecule has 1 atom stereocenters. The summed E-state index contributed by atoms with van der Waals surface area (Å²) in [5.41, 5.74) is 0.777. The van der Waals surface area contributed by atoms with Gasteiger partial charge in [-0.3, -0.25) is 9.59 Å². The molecule has 0 bridgehead atoms. The Kier molecular flexibility index (Phi) is 4.42. The van der Waals surface area contributed by atoms with Crippen LogP contribution in [0.25, 0.3) is 10.9 Å². The van der Waals surface area contributed by atoms with Crippen molar-refractivity contribution in [2.24, 2.45) is 12.5 Å². The number of aromatic nitrogens is 1. The highest BCUT2D eigenvalue weighted by atomic mass is 19.1. The van der Waals surface area contributed by atoms with Gasteiger partial charge >= 0.3 is 0 Å². The van der Waals surface area contributed by atoms with E-state index < -0.39 is 5.41 Å². The van der Waals surface area contributed by atoms with Crippen LogP contribution in [0.3, 0.4) is 0 Å². The molecule has 7 heteroatoms. The van der Waals surface area contributed by atoms with Crippen LogP contribution < -0.4 is 0 Å². The lowest BCUT2D eigenvalue weighted by atomic mass is 9.78.